The van der Waals surface area contributed by atoms with Gasteiger partial charge in [0.05, 0.1) is 30.7 Å². The van der Waals surface area contributed by atoms with Gasteiger partial charge in [-0.2, -0.15) is 15.4 Å². The molecule has 0 radical (unpaired) electrons. The molecule has 0 bridgehead atoms. The van der Waals surface area contributed by atoms with Crippen molar-refractivity contribution in [2.75, 3.05) is 18.5 Å². The molecule has 0 saturated carbocycles. The fourth-order valence-corrected chi connectivity index (χ4v) is 4.19. The van der Waals surface area contributed by atoms with Gasteiger partial charge in [0.2, 0.25) is 11.9 Å². The number of anilines is 1. The molecule has 0 fully saturated rings. The maximum atomic E-state index is 12.6. The van der Waals surface area contributed by atoms with Crippen LogP contribution in [0.5, 0.6) is 0 Å². The normalized spacial score (nSPS) is 16.2. The largest absolute Gasteiger partial charge is 0.371 e. The van der Waals surface area contributed by atoms with E-state index in [0.717, 1.165) is 29.8 Å². The second-order valence-electron chi connectivity index (χ2n) is 8.24. The van der Waals surface area contributed by atoms with Crippen LogP contribution in [-0.2, 0) is 35.5 Å². The number of benzene rings is 1. The smallest absolute Gasteiger partial charge is 0.249 e. The number of carbonyl (C=O) groups excluding carboxylic acids is 1. The average molecular weight is 419 g/mol. The van der Waals surface area contributed by atoms with Crippen LogP contribution in [0.15, 0.2) is 36.7 Å². The summed E-state index contributed by atoms with van der Waals surface area (Å²) in [5, 5.41) is 13.9. The number of aromatic nitrogens is 5. The fourth-order valence-electron chi connectivity index (χ4n) is 4.19. The molecule has 0 unspecified atom stereocenters. The first-order chi connectivity index (χ1) is 15.2. The van der Waals surface area contributed by atoms with Crippen molar-refractivity contribution in [3.8, 4) is 0 Å². The third-order valence-electron chi connectivity index (χ3n) is 5.92. The average Bonchev–Trinajstić information content (AvgIpc) is 3.51. The van der Waals surface area contributed by atoms with Crippen LogP contribution in [-0.4, -0.2) is 55.4 Å². The number of fused-ring (bicyclic) bond motifs is 2. The van der Waals surface area contributed by atoms with Gasteiger partial charge < -0.3 is 15.0 Å². The van der Waals surface area contributed by atoms with Gasteiger partial charge >= 0.3 is 0 Å². The van der Waals surface area contributed by atoms with E-state index in [1.54, 1.807) is 11.1 Å². The second kappa shape index (κ2) is 8.43. The lowest BCUT2D eigenvalue weighted by Gasteiger charge is -2.16. The van der Waals surface area contributed by atoms with Crippen LogP contribution in [0.3, 0.4) is 0 Å². The highest BCUT2D eigenvalue weighted by Crippen LogP contribution is 2.25. The third-order valence-corrected chi connectivity index (χ3v) is 5.92. The van der Waals surface area contributed by atoms with Gasteiger partial charge in [-0.25, -0.2) is 9.97 Å². The first-order valence-corrected chi connectivity index (χ1v) is 10.5. The molecule has 5 rings (SSSR count). The van der Waals surface area contributed by atoms with Crippen LogP contribution < -0.4 is 5.32 Å². The molecule has 1 atom stereocenters. The van der Waals surface area contributed by atoms with Gasteiger partial charge in [-0.3, -0.25) is 4.79 Å². The van der Waals surface area contributed by atoms with Crippen LogP contribution in [0, 0.1) is 0 Å². The van der Waals surface area contributed by atoms with Crippen molar-refractivity contribution in [2.24, 2.45) is 0 Å². The van der Waals surface area contributed by atoms with Crippen molar-refractivity contribution in [3.05, 3.63) is 64.7 Å². The molecule has 1 aliphatic carbocycles. The van der Waals surface area contributed by atoms with Crippen LogP contribution in [0.1, 0.15) is 40.9 Å². The van der Waals surface area contributed by atoms with Crippen LogP contribution in [0.25, 0.3) is 0 Å². The number of nitrogens with zero attached hydrogens (tertiary/aromatic N) is 5. The Bertz CT molecular complexity index is 1040. The van der Waals surface area contributed by atoms with Crippen molar-refractivity contribution >= 4 is 11.9 Å². The zero-order valence-corrected chi connectivity index (χ0v) is 17.4. The van der Waals surface area contributed by atoms with Gasteiger partial charge in [0.25, 0.3) is 0 Å². The Morgan fingerprint density at radius 2 is 2.03 bits per heavy atom. The lowest BCUT2D eigenvalue weighted by Crippen LogP contribution is -2.29. The molecule has 1 aromatic carbocycles. The Balaban J connectivity index is 1.13. The fraction of sp³-hybridized carbons (Fsp3) is 0.409. The van der Waals surface area contributed by atoms with E-state index >= 15 is 0 Å². The molecular formula is C22H25N7O2. The van der Waals surface area contributed by atoms with E-state index in [2.05, 4.69) is 55.0 Å². The summed E-state index contributed by atoms with van der Waals surface area (Å²) in [7, 11) is 0. The lowest BCUT2D eigenvalue weighted by atomic mass is 10.1. The third kappa shape index (κ3) is 4.27. The minimum atomic E-state index is -0.0499. The summed E-state index contributed by atoms with van der Waals surface area (Å²) in [6.07, 6.45) is 5.45. The van der Waals surface area contributed by atoms with E-state index in [-0.39, 0.29) is 18.4 Å². The summed E-state index contributed by atoms with van der Waals surface area (Å²) in [5.41, 5.74) is 5.48. The number of ether oxygens (including phenoxy) is 1. The topological polar surface area (TPSA) is 109 Å². The monoisotopic (exact) mass is 419 g/mol. The van der Waals surface area contributed by atoms with Gasteiger partial charge in [-0.05, 0) is 24.0 Å². The summed E-state index contributed by atoms with van der Waals surface area (Å²) in [6.45, 7) is 3.44. The molecule has 2 N–H and O–H groups in total. The van der Waals surface area contributed by atoms with E-state index in [1.165, 1.54) is 11.1 Å². The predicted octanol–water partition coefficient (Wildman–Crippen LogP) is 1.84. The molecule has 1 aliphatic heterocycles. The van der Waals surface area contributed by atoms with Gasteiger partial charge in [0, 0.05) is 30.3 Å². The van der Waals surface area contributed by atoms with Gasteiger partial charge in [-0.15, -0.1) is 0 Å². The molecule has 31 heavy (non-hydrogen) atoms. The van der Waals surface area contributed by atoms with Crippen LogP contribution >= 0.6 is 0 Å². The number of aromatic amines is 1. The Kier molecular flexibility index (Phi) is 5.33. The first-order valence-electron chi connectivity index (χ1n) is 10.5. The summed E-state index contributed by atoms with van der Waals surface area (Å²) in [5.74, 6) is 0.651. The van der Waals surface area contributed by atoms with Crippen LogP contribution in [0.4, 0.5) is 5.95 Å². The van der Waals surface area contributed by atoms with Gasteiger partial charge in [0.15, 0.2) is 0 Å². The number of nitrogens with one attached hydrogen (secondary N) is 2. The quantitative estimate of drug-likeness (QED) is 0.601. The molecule has 9 nitrogen and oxygen atoms in total. The van der Waals surface area contributed by atoms with E-state index in [0.29, 0.717) is 31.7 Å². The molecule has 160 valence electrons. The minimum Gasteiger partial charge on any atom is -0.371 e. The first kappa shape index (κ1) is 19.6. The van der Waals surface area contributed by atoms with E-state index < -0.39 is 0 Å². The summed E-state index contributed by atoms with van der Waals surface area (Å²) in [6, 6.07) is 8.82. The number of H-pyrrole nitrogens is 1. The Morgan fingerprint density at radius 1 is 1.23 bits per heavy atom. The maximum absolute atomic E-state index is 12.6. The van der Waals surface area contributed by atoms with E-state index in [9.17, 15) is 4.79 Å². The highest BCUT2D eigenvalue weighted by molar-refractivity contribution is 5.78. The molecule has 0 saturated heterocycles. The number of rotatable bonds is 7. The van der Waals surface area contributed by atoms with Crippen molar-refractivity contribution in [2.45, 2.75) is 44.8 Å². The number of hydrogen-bond acceptors (Lipinski definition) is 7. The van der Waals surface area contributed by atoms with Crippen molar-refractivity contribution < 1.29 is 9.53 Å². The zero-order valence-electron chi connectivity index (χ0n) is 17.4. The summed E-state index contributed by atoms with van der Waals surface area (Å²) >= 11 is 0. The lowest BCUT2D eigenvalue weighted by molar-refractivity contribution is -0.136. The molecule has 3 aromatic rings. The molecule has 3 heterocycles. The highest BCUT2D eigenvalue weighted by Gasteiger charge is 2.27. The van der Waals surface area contributed by atoms with Crippen molar-refractivity contribution in [1.82, 2.24) is 30.3 Å². The predicted molar refractivity (Wildman–Crippen MR) is 113 cm³/mol. The summed E-state index contributed by atoms with van der Waals surface area (Å²) < 4.78 is 5.61. The maximum Gasteiger partial charge on any atom is 0.249 e. The number of hydrogen-bond donors (Lipinski definition) is 2. The number of carbonyl (C=O) groups is 1. The minimum absolute atomic E-state index is 0.0368. The molecular weight excluding hydrogens is 394 g/mol. The van der Waals surface area contributed by atoms with Gasteiger partial charge in [0.1, 0.15) is 6.61 Å². The van der Waals surface area contributed by atoms with Gasteiger partial charge in [-0.1, -0.05) is 31.2 Å². The Hall–Kier alpha value is -3.33. The van der Waals surface area contributed by atoms with E-state index in [4.69, 9.17) is 4.74 Å². The Labute approximate surface area is 180 Å². The van der Waals surface area contributed by atoms with Crippen molar-refractivity contribution in [3.63, 3.8) is 0 Å². The molecule has 2 aromatic heterocycles. The zero-order chi connectivity index (χ0) is 21.2. The highest BCUT2D eigenvalue weighted by atomic mass is 16.5. The molecule has 1 amide bonds. The standard InChI is InChI=1S/C22H25N7O2/c1-14(19-9-24-28-27-19)12-31-13-21(30)29-10-17-8-23-22(26-20(17)11-29)25-18-6-15-4-2-3-5-16(15)7-18/h2-5,8-9,14,18H,6-7,10-13H2,1H3,(H,23,25,26)(H,24,27,28)/t14-/m1/s1. The molecule has 0 spiro atoms. The van der Waals surface area contributed by atoms with E-state index in [1.807, 2.05) is 13.1 Å². The molecule has 9 heteroatoms. The van der Waals surface area contributed by atoms with Crippen molar-refractivity contribution in [1.29, 1.82) is 0 Å². The summed E-state index contributed by atoms with van der Waals surface area (Å²) in [4.78, 5) is 23.5. The number of amides is 1. The molecule has 2 aliphatic rings. The Morgan fingerprint density at radius 3 is 2.77 bits per heavy atom. The second-order valence-corrected chi connectivity index (χ2v) is 8.24. The SMILES string of the molecule is C[C@H](COCC(=O)N1Cc2cnc(NC3Cc4ccccc4C3)nc2C1)c1cn[nH]n1. The van der Waals surface area contributed by atoms with Crippen LogP contribution in [0.2, 0.25) is 0 Å².